The van der Waals surface area contributed by atoms with Crippen molar-refractivity contribution in [1.29, 1.82) is 0 Å². The van der Waals surface area contributed by atoms with E-state index >= 15 is 0 Å². The van der Waals surface area contributed by atoms with Crippen LogP contribution in [0.5, 0.6) is 0 Å². The third-order valence-corrected chi connectivity index (χ3v) is 6.71. The van der Waals surface area contributed by atoms with Crippen molar-refractivity contribution in [1.82, 2.24) is 0 Å². The molecular weight excluding hydrogens is 232 g/mol. The van der Waals surface area contributed by atoms with Crippen molar-refractivity contribution in [2.45, 2.75) is 96.0 Å². The Morgan fingerprint density at radius 3 is 1.74 bits per heavy atom. The van der Waals surface area contributed by atoms with Crippen LogP contribution in [0.25, 0.3) is 0 Å². The summed E-state index contributed by atoms with van der Waals surface area (Å²) in [5.41, 5.74) is 0.693. The van der Waals surface area contributed by atoms with E-state index in [9.17, 15) is 5.11 Å². The van der Waals surface area contributed by atoms with Crippen LogP contribution in [-0.4, -0.2) is 11.2 Å². The van der Waals surface area contributed by atoms with Crippen molar-refractivity contribution in [3.63, 3.8) is 0 Å². The maximum Gasteiger partial charge on any atom is 0.0540 e. The van der Waals surface area contributed by atoms with Crippen molar-refractivity contribution in [3.8, 4) is 0 Å². The third kappa shape index (κ3) is 2.86. The highest BCUT2D eigenvalue weighted by Crippen LogP contribution is 2.56. The summed E-state index contributed by atoms with van der Waals surface area (Å²) in [5.74, 6) is 1.97. The van der Waals surface area contributed by atoms with E-state index in [0.717, 1.165) is 24.7 Å². The fourth-order valence-corrected chi connectivity index (χ4v) is 5.69. The molecule has 19 heavy (non-hydrogen) atoms. The van der Waals surface area contributed by atoms with Gasteiger partial charge in [-0.25, -0.2) is 0 Å². The largest absolute Gasteiger partial charge is 0.393 e. The zero-order chi connectivity index (χ0) is 13.1. The summed E-state index contributed by atoms with van der Waals surface area (Å²) < 4.78 is 0. The Labute approximate surface area is 119 Å². The smallest absolute Gasteiger partial charge is 0.0540 e. The zero-order valence-corrected chi connectivity index (χ0v) is 12.6. The first-order chi connectivity index (χ1) is 9.31. The first kappa shape index (κ1) is 13.9. The van der Waals surface area contributed by atoms with Gasteiger partial charge in [0.15, 0.2) is 0 Å². The van der Waals surface area contributed by atoms with Gasteiger partial charge >= 0.3 is 0 Å². The average Bonchev–Trinajstić information content (AvgIpc) is 2.49. The fourth-order valence-electron chi connectivity index (χ4n) is 5.69. The van der Waals surface area contributed by atoms with Crippen LogP contribution in [0.2, 0.25) is 0 Å². The Balaban J connectivity index is 1.75. The normalized spacial score (nSPS) is 37.1. The molecule has 0 spiro atoms. The minimum absolute atomic E-state index is 0.0169. The lowest BCUT2D eigenvalue weighted by molar-refractivity contribution is -0.0307. The molecule has 1 heteroatoms. The molecule has 0 aliphatic heterocycles. The number of hydrogen-bond acceptors (Lipinski definition) is 1. The Bertz CT molecular complexity index is 265. The van der Waals surface area contributed by atoms with Crippen LogP contribution in [0, 0.1) is 17.3 Å². The molecule has 3 aliphatic carbocycles. The first-order valence-electron chi connectivity index (χ1n) is 8.99. The summed E-state index contributed by atoms with van der Waals surface area (Å²) in [4.78, 5) is 0. The standard InChI is InChI=1S/C18H32O/c19-17-11-9-16(10-12-17)18(13-5-2-6-14-18)15-7-3-1-4-8-15/h15-17,19H,1-14H2. The molecule has 0 aromatic heterocycles. The van der Waals surface area contributed by atoms with Crippen LogP contribution in [0.1, 0.15) is 89.9 Å². The molecule has 0 heterocycles. The van der Waals surface area contributed by atoms with Crippen LogP contribution in [0.4, 0.5) is 0 Å². The molecule has 3 fully saturated rings. The highest BCUT2D eigenvalue weighted by Gasteiger charge is 2.46. The van der Waals surface area contributed by atoms with Crippen molar-refractivity contribution in [2.75, 3.05) is 0 Å². The van der Waals surface area contributed by atoms with Gasteiger partial charge in [-0.2, -0.15) is 0 Å². The van der Waals surface area contributed by atoms with E-state index in [1.54, 1.807) is 0 Å². The van der Waals surface area contributed by atoms with E-state index in [2.05, 4.69) is 0 Å². The molecule has 1 nitrogen and oxygen atoms in total. The van der Waals surface area contributed by atoms with Crippen LogP contribution in [0.3, 0.4) is 0 Å². The van der Waals surface area contributed by atoms with E-state index in [1.807, 2.05) is 0 Å². The Morgan fingerprint density at radius 2 is 1.11 bits per heavy atom. The molecule has 3 rings (SSSR count). The molecule has 0 bridgehead atoms. The summed E-state index contributed by atoms with van der Waals surface area (Å²) in [6.45, 7) is 0. The van der Waals surface area contributed by atoms with Gasteiger partial charge in [-0.05, 0) is 68.6 Å². The number of rotatable bonds is 2. The van der Waals surface area contributed by atoms with Crippen molar-refractivity contribution >= 4 is 0 Å². The molecular formula is C18H32O. The predicted molar refractivity (Wildman–Crippen MR) is 80.1 cm³/mol. The summed E-state index contributed by atoms with van der Waals surface area (Å²) in [5, 5.41) is 9.82. The molecule has 0 amide bonds. The van der Waals surface area contributed by atoms with E-state index < -0.39 is 0 Å². The summed E-state index contributed by atoms with van der Waals surface area (Å²) in [7, 11) is 0. The second-order valence-electron chi connectivity index (χ2n) is 7.63. The molecule has 3 saturated carbocycles. The third-order valence-electron chi connectivity index (χ3n) is 6.71. The van der Waals surface area contributed by atoms with Gasteiger partial charge in [-0.3, -0.25) is 0 Å². The minimum atomic E-state index is 0.0169. The van der Waals surface area contributed by atoms with Gasteiger partial charge in [0.1, 0.15) is 0 Å². The Kier molecular flexibility index (Phi) is 4.51. The van der Waals surface area contributed by atoms with Crippen molar-refractivity contribution < 1.29 is 5.11 Å². The van der Waals surface area contributed by atoms with Crippen molar-refractivity contribution in [2.24, 2.45) is 17.3 Å². The van der Waals surface area contributed by atoms with Gasteiger partial charge in [-0.1, -0.05) is 38.5 Å². The van der Waals surface area contributed by atoms with Gasteiger partial charge in [0, 0.05) is 0 Å². The van der Waals surface area contributed by atoms with E-state index in [0.29, 0.717) is 5.41 Å². The summed E-state index contributed by atoms with van der Waals surface area (Å²) >= 11 is 0. The average molecular weight is 264 g/mol. The molecule has 0 saturated heterocycles. The van der Waals surface area contributed by atoms with E-state index in [1.165, 1.54) is 77.0 Å². The summed E-state index contributed by atoms with van der Waals surface area (Å²) in [6.07, 6.45) is 19.8. The Morgan fingerprint density at radius 1 is 0.579 bits per heavy atom. The lowest BCUT2D eigenvalue weighted by atomic mass is 9.53. The molecule has 0 atom stereocenters. The molecule has 3 aliphatic rings. The molecule has 0 aromatic carbocycles. The highest BCUT2D eigenvalue weighted by atomic mass is 16.3. The van der Waals surface area contributed by atoms with Crippen LogP contribution in [-0.2, 0) is 0 Å². The molecule has 0 unspecified atom stereocenters. The van der Waals surface area contributed by atoms with Gasteiger partial charge < -0.3 is 5.11 Å². The number of hydrogen-bond donors (Lipinski definition) is 1. The minimum Gasteiger partial charge on any atom is -0.393 e. The van der Waals surface area contributed by atoms with Gasteiger partial charge in [0.25, 0.3) is 0 Å². The van der Waals surface area contributed by atoms with Crippen LogP contribution >= 0.6 is 0 Å². The monoisotopic (exact) mass is 264 g/mol. The fraction of sp³-hybridized carbons (Fsp3) is 1.00. The van der Waals surface area contributed by atoms with E-state index in [-0.39, 0.29) is 6.10 Å². The lowest BCUT2D eigenvalue weighted by Crippen LogP contribution is -2.43. The SMILES string of the molecule is OC1CCC(C2(C3CCCCC3)CCCCC2)CC1. The van der Waals surface area contributed by atoms with Gasteiger partial charge in [0.05, 0.1) is 6.10 Å². The molecule has 110 valence electrons. The van der Waals surface area contributed by atoms with Gasteiger partial charge in [-0.15, -0.1) is 0 Å². The number of aliphatic hydroxyl groups excluding tert-OH is 1. The predicted octanol–water partition coefficient (Wildman–Crippen LogP) is 5.07. The molecule has 0 aromatic rings. The molecule has 0 radical (unpaired) electrons. The second-order valence-corrected chi connectivity index (χ2v) is 7.63. The quantitative estimate of drug-likeness (QED) is 0.738. The summed E-state index contributed by atoms with van der Waals surface area (Å²) in [6, 6.07) is 0. The highest BCUT2D eigenvalue weighted by molar-refractivity contribution is 4.96. The molecule has 1 N–H and O–H groups in total. The van der Waals surface area contributed by atoms with Crippen molar-refractivity contribution in [3.05, 3.63) is 0 Å². The topological polar surface area (TPSA) is 20.2 Å². The maximum atomic E-state index is 9.82. The lowest BCUT2D eigenvalue weighted by Gasteiger charge is -2.52. The van der Waals surface area contributed by atoms with E-state index in [4.69, 9.17) is 0 Å². The van der Waals surface area contributed by atoms with Gasteiger partial charge in [0.2, 0.25) is 0 Å². The maximum absolute atomic E-state index is 9.82. The number of aliphatic hydroxyl groups is 1. The second kappa shape index (κ2) is 6.16. The van der Waals surface area contributed by atoms with Crippen LogP contribution < -0.4 is 0 Å². The first-order valence-corrected chi connectivity index (χ1v) is 8.99. The van der Waals surface area contributed by atoms with Crippen LogP contribution in [0.15, 0.2) is 0 Å². The zero-order valence-electron chi connectivity index (χ0n) is 12.6. The Hall–Kier alpha value is -0.0400.